The van der Waals surface area contributed by atoms with E-state index in [4.69, 9.17) is 5.73 Å². The molecule has 0 aliphatic carbocycles. The van der Waals surface area contributed by atoms with Gasteiger partial charge in [0.1, 0.15) is 5.92 Å². The first-order valence-electron chi connectivity index (χ1n) is 3.15. The highest BCUT2D eigenvalue weighted by molar-refractivity contribution is 5.80. The Morgan fingerprint density at radius 2 is 2.08 bits per heavy atom. The second-order valence-corrected chi connectivity index (χ2v) is 2.43. The Bertz CT molecular complexity index is 224. The Labute approximate surface area is 65.6 Å². The third-order valence-corrected chi connectivity index (χ3v) is 1.58. The molecule has 0 saturated heterocycles. The minimum Gasteiger partial charge on any atom is -0.368 e. The van der Waals surface area contributed by atoms with Gasteiger partial charge < -0.3 is 5.73 Å². The number of carbonyl (C=O) groups is 1. The second kappa shape index (κ2) is 2.72. The van der Waals surface area contributed by atoms with Crippen LogP contribution in [0.1, 0.15) is 0 Å². The fraction of sp³-hybridized carbons (Fsp3) is 0.800. The van der Waals surface area contributed by atoms with Crippen LogP contribution in [-0.2, 0) is 4.79 Å². The van der Waals surface area contributed by atoms with Crippen molar-refractivity contribution in [1.82, 2.24) is 0 Å². The first-order valence-corrected chi connectivity index (χ1v) is 3.15. The molecule has 2 N–H and O–H groups in total. The lowest BCUT2D eigenvalue weighted by Gasteiger charge is -2.16. The highest BCUT2D eigenvalue weighted by atomic mass is 19.4. The number of primary amides is 1. The molecule has 7 heteroatoms. The van der Waals surface area contributed by atoms with Gasteiger partial charge in [-0.25, -0.2) is 0 Å². The molecule has 4 nitrogen and oxygen atoms in total. The number of azo groups is 1. The molecular formula is C5H6F3N3O. The van der Waals surface area contributed by atoms with Crippen molar-refractivity contribution in [2.45, 2.75) is 12.2 Å². The number of amides is 1. The normalized spacial score (nSPS) is 29.2. The maximum atomic E-state index is 12.0. The summed E-state index contributed by atoms with van der Waals surface area (Å²) in [4.78, 5) is 10.4. The van der Waals surface area contributed by atoms with Crippen LogP contribution in [0.25, 0.3) is 0 Å². The average Bonchev–Trinajstić information content (AvgIpc) is 2.30. The largest absolute Gasteiger partial charge is 0.396 e. The quantitative estimate of drug-likeness (QED) is 0.628. The number of rotatable bonds is 1. The SMILES string of the molecule is NC(=O)C1N=NCC1C(F)(F)F. The summed E-state index contributed by atoms with van der Waals surface area (Å²) in [5.74, 6) is -2.92. The summed E-state index contributed by atoms with van der Waals surface area (Å²) in [6.45, 7) is -0.503. The Hall–Kier alpha value is -1.14. The van der Waals surface area contributed by atoms with Crippen molar-refractivity contribution in [3.8, 4) is 0 Å². The molecule has 0 radical (unpaired) electrons. The zero-order valence-corrected chi connectivity index (χ0v) is 5.88. The Morgan fingerprint density at radius 1 is 1.50 bits per heavy atom. The molecule has 1 aliphatic rings. The lowest BCUT2D eigenvalue weighted by atomic mass is 10.0. The number of hydrogen-bond donors (Lipinski definition) is 1. The van der Waals surface area contributed by atoms with Gasteiger partial charge >= 0.3 is 6.18 Å². The van der Waals surface area contributed by atoms with Crippen LogP contribution >= 0.6 is 0 Å². The van der Waals surface area contributed by atoms with Crippen LogP contribution in [0.5, 0.6) is 0 Å². The van der Waals surface area contributed by atoms with Gasteiger partial charge in [0, 0.05) is 0 Å². The van der Waals surface area contributed by atoms with E-state index in [-0.39, 0.29) is 0 Å². The number of nitrogens with zero attached hydrogens (tertiary/aromatic N) is 2. The van der Waals surface area contributed by atoms with Gasteiger partial charge in [-0.15, -0.1) is 0 Å². The molecular weight excluding hydrogens is 175 g/mol. The Morgan fingerprint density at radius 3 is 2.42 bits per heavy atom. The number of hydrogen-bond acceptors (Lipinski definition) is 3. The molecule has 0 bridgehead atoms. The van der Waals surface area contributed by atoms with E-state index in [1.807, 2.05) is 0 Å². The van der Waals surface area contributed by atoms with Crippen molar-refractivity contribution in [2.75, 3.05) is 6.54 Å². The summed E-state index contributed by atoms with van der Waals surface area (Å²) in [5, 5.41) is 6.25. The standard InChI is InChI=1S/C5H6F3N3O/c6-5(7,8)2-1-10-11-3(2)4(9)12/h2-3H,1H2,(H2,9,12). The third kappa shape index (κ3) is 1.54. The van der Waals surface area contributed by atoms with Crippen molar-refractivity contribution in [1.29, 1.82) is 0 Å². The third-order valence-electron chi connectivity index (χ3n) is 1.58. The van der Waals surface area contributed by atoms with Gasteiger partial charge in [-0.3, -0.25) is 4.79 Å². The molecule has 0 saturated carbocycles. The van der Waals surface area contributed by atoms with Gasteiger partial charge in [0.2, 0.25) is 5.91 Å². The fourth-order valence-electron chi connectivity index (χ4n) is 0.941. The highest BCUT2D eigenvalue weighted by Crippen LogP contribution is 2.33. The molecule has 1 rings (SSSR count). The Kier molecular flexibility index (Phi) is 2.03. The summed E-state index contributed by atoms with van der Waals surface area (Å²) in [7, 11) is 0. The van der Waals surface area contributed by atoms with E-state index in [2.05, 4.69) is 10.2 Å². The summed E-state index contributed by atoms with van der Waals surface area (Å²) < 4.78 is 36.1. The molecule has 1 amide bonds. The van der Waals surface area contributed by atoms with Crippen molar-refractivity contribution in [3.05, 3.63) is 0 Å². The zero-order chi connectivity index (χ0) is 9.35. The van der Waals surface area contributed by atoms with Crippen molar-refractivity contribution >= 4 is 5.91 Å². The van der Waals surface area contributed by atoms with E-state index in [0.717, 1.165) is 0 Å². The van der Waals surface area contributed by atoms with Crippen molar-refractivity contribution in [2.24, 2.45) is 21.9 Å². The predicted molar refractivity (Wildman–Crippen MR) is 32.3 cm³/mol. The van der Waals surface area contributed by atoms with Gasteiger partial charge in [-0.1, -0.05) is 0 Å². The Balaban J connectivity index is 2.75. The predicted octanol–water partition coefficient (Wildman–Crippen LogP) is 0.485. The van der Waals surface area contributed by atoms with Gasteiger partial charge in [-0.05, 0) is 0 Å². The van der Waals surface area contributed by atoms with Crippen LogP contribution in [0.15, 0.2) is 10.2 Å². The van der Waals surface area contributed by atoms with Crippen LogP contribution in [0.4, 0.5) is 13.2 Å². The van der Waals surface area contributed by atoms with Gasteiger partial charge in [-0.2, -0.15) is 23.4 Å². The summed E-state index contributed by atoms with van der Waals surface area (Å²) >= 11 is 0. The van der Waals surface area contributed by atoms with E-state index in [9.17, 15) is 18.0 Å². The van der Waals surface area contributed by atoms with Crippen LogP contribution < -0.4 is 5.73 Å². The minimum absolute atomic E-state index is 0.503. The average molecular weight is 181 g/mol. The molecule has 2 atom stereocenters. The maximum absolute atomic E-state index is 12.0. The molecule has 0 spiro atoms. The molecule has 0 aromatic rings. The van der Waals surface area contributed by atoms with Gasteiger partial charge in [0.25, 0.3) is 0 Å². The minimum atomic E-state index is -4.46. The molecule has 68 valence electrons. The molecule has 2 unspecified atom stereocenters. The smallest absolute Gasteiger partial charge is 0.368 e. The van der Waals surface area contributed by atoms with E-state index < -0.39 is 30.6 Å². The number of carbonyl (C=O) groups excluding carboxylic acids is 1. The lowest BCUT2D eigenvalue weighted by molar-refractivity contribution is -0.175. The van der Waals surface area contributed by atoms with E-state index in [0.29, 0.717) is 0 Å². The van der Waals surface area contributed by atoms with E-state index in [1.54, 1.807) is 0 Å². The molecule has 0 fully saturated rings. The van der Waals surface area contributed by atoms with E-state index in [1.165, 1.54) is 0 Å². The molecule has 0 aromatic heterocycles. The van der Waals surface area contributed by atoms with Gasteiger partial charge in [0.15, 0.2) is 6.04 Å². The van der Waals surface area contributed by atoms with Crippen molar-refractivity contribution < 1.29 is 18.0 Å². The van der Waals surface area contributed by atoms with Crippen LogP contribution in [0, 0.1) is 5.92 Å². The molecule has 12 heavy (non-hydrogen) atoms. The summed E-state index contributed by atoms with van der Waals surface area (Å²) in [6.07, 6.45) is -4.46. The molecule has 0 aromatic carbocycles. The van der Waals surface area contributed by atoms with Crippen LogP contribution in [0.3, 0.4) is 0 Å². The maximum Gasteiger partial charge on any atom is 0.396 e. The highest BCUT2D eigenvalue weighted by Gasteiger charge is 2.49. The number of alkyl halides is 3. The van der Waals surface area contributed by atoms with Crippen LogP contribution in [-0.4, -0.2) is 24.7 Å². The lowest BCUT2D eigenvalue weighted by Crippen LogP contribution is -2.40. The molecule has 1 heterocycles. The first-order chi connectivity index (χ1) is 5.43. The zero-order valence-electron chi connectivity index (χ0n) is 5.88. The number of halogens is 3. The topological polar surface area (TPSA) is 67.8 Å². The van der Waals surface area contributed by atoms with E-state index >= 15 is 0 Å². The van der Waals surface area contributed by atoms with Gasteiger partial charge in [0.05, 0.1) is 6.54 Å². The first kappa shape index (κ1) is 8.95. The summed E-state index contributed by atoms with van der Waals surface area (Å²) in [5.41, 5.74) is 4.69. The van der Waals surface area contributed by atoms with Crippen LogP contribution in [0.2, 0.25) is 0 Å². The fourth-order valence-corrected chi connectivity index (χ4v) is 0.941. The molecule has 1 aliphatic heterocycles. The summed E-state index contributed by atoms with van der Waals surface area (Å²) in [6, 6.07) is -1.54. The number of nitrogens with two attached hydrogens (primary N) is 1. The second-order valence-electron chi connectivity index (χ2n) is 2.43. The van der Waals surface area contributed by atoms with Crippen molar-refractivity contribution in [3.63, 3.8) is 0 Å². The monoisotopic (exact) mass is 181 g/mol.